The van der Waals surface area contributed by atoms with Gasteiger partial charge in [-0.1, -0.05) is 23.1 Å². The molecule has 1 aromatic carbocycles. The Morgan fingerprint density at radius 2 is 2.00 bits per heavy atom. The highest BCUT2D eigenvalue weighted by atomic mass is 32.2. The maximum absolute atomic E-state index is 12.1. The average molecular weight is 338 g/mol. The molecule has 0 unspecified atom stereocenters. The Hall–Kier alpha value is -2.13. The summed E-state index contributed by atoms with van der Waals surface area (Å²) in [4.78, 5) is 23.4. The second kappa shape index (κ2) is 7.23. The average Bonchev–Trinajstić information content (AvgIpc) is 2.92. The molecule has 7 nitrogen and oxygen atoms in total. The lowest BCUT2D eigenvalue weighted by Gasteiger charge is -2.10. The number of nitrogens with one attached hydrogen (secondary N) is 1. The van der Waals surface area contributed by atoms with Crippen LogP contribution in [0.4, 0.5) is 10.8 Å². The minimum absolute atomic E-state index is 0.176. The topological polar surface area (TPSA) is 107 Å². The molecule has 1 aromatic heterocycles. The number of thioether (sulfide) groups is 1. The molecule has 1 atom stereocenters. The van der Waals surface area contributed by atoms with E-state index < -0.39 is 5.97 Å². The maximum atomic E-state index is 12.1. The first-order valence-corrected chi connectivity index (χ1v) is 7.94. The first-order valence-electron chi connectivity index (χ1n) is 6.24. The second-order valence-electron chi connectivity index (χ2n) is 4.22. The van der Waals surface area contributed by atoms with Gasteiger partial charge in [0.05, 0.1) is 17.9 Å². The van der Waals surface area contributed by atoms with E-state index in [0.717, 1.165) is 0 Å². The van der Waals surface area contributed by atoms with Gasteiger partial charge >= 0.3 is 5.97 Å². The summed E-state index contributed by atoms with van der Waals surface area (Å²) < 4.78 is 5.25. The van der Waals surface area contributed by atoms with Crippen molar-refractivity contribution in [3.05, 3.63) is 29.8 Å². The van der Waals surface area contributed by atoms with Gasteiger partial charge in [-0.05, 0) is 31.2 Å². The van der Waals surface area contributed by atoms with Crippen molar-refractivity contribution < 1.29 is 14.3 Å². The summed E-state index contributed by atoms with van der Waals surface area (Å²) in [5.41, 5.74) is 6.52. The Kier molecular flexibility index (Phi) is 5.34. The molecule has 0 fully saturated rings. The Bertz CT molecular complexity index is 672. The minimum atomic E-state index is -0.421. The van der Waals surface area contributed by atoms with Crippen LogP contribution in [0.25, 0.3) is 0 Å². The predicted octanol–water partition coefficient (Wildman–Crippen LogP) is 2.03. The summed E-state index contributed by atoms with van der Waals surface area (Å²) in [5.74, 6) is -0.597. The Morgan fingerprint density at radius 3 is 2.55 bits per heavy atom. The van der Waals surface area contributed by atoms with Gasteiger partial charge in [0.1, 0.15) is 0 Å². The number of hydrogen-bond acceptors (Lipinski definition) is 8. The van der Waals surface area contributed by atoms with E-state index >= 15 is 0 Å². The molecule has 0 aliphatic rings. The number of carbonyl (C=O) groups excluding carboxylic acids is 2. The summed E-state index contributed by atoms with van der Waals surface area (Å²) in [6.45, 7) is 1.76. The van der Waals surface area contributed by atoms with Crippen LogP contribution in [0.2, 0.25) is 0 Å². The van der Waals surface area contributed by atoms with E-state index in [2.05, 4.69) is 20.3 Å². The molecule has 2 aromatic rings. The molecule has 116 valence electrons. The van der Waals surface area contributed by atoms with Crippen molar-refractivity contribution in [2.24, 2.45) is 0 Å². The van der Waals surface area contributed by atoms with Gasteiger partial charge < -0.3 is 15.8 Å². The fourth-order valence-electron chi connectivity index (χ4n) is 1.52. The van der Waals surface area contributed by atoms with Crippen molar-refractivity contribution in [1.29, 1.82) is 0 Å². The summed E-state index contributed by atoms with van der Waals surface area (Å²) in [7, 11) is 1.32. The van der Waals surface area contributed by atoms with Crippen molar-refractivity contribution in [3.63, 3.8) is 0 Å². The number of nitrogens with two attached hydrogens (primary N) is 1. The van der Waals surface area contributed by atoms with Crippen LogP contribution in [-0.4, -0.2) is 34.4 Å². The molecule has 22 heavy (non-hydrogen) atoms. The van der Waals surface area contributed by atoms with Gasteiger partial charge in [-0.15, -0.1) is 10.2 Å². The van der Waals surface area contributed by atoms with Crippen LogP contribution in [0.15, 0.2) is 28.6 Å². The van der Waals surface area contributed by atoms with Crippen molar-refractivity contribution in [2.45, 2.75) is 16.5 Å². The second-order valence-corrected chi connectivity index (χ2v) is 6.82. The van der Waals surface area contributed by atoms with E-state index in [4.69, 9.17) is 5.73 Å². The van der Waals surface area contributed by atoms with Crippen LogP contribution in [0.1, 0.15) is 17.3 Å². The molecule has 3 N–H and O–H groups in total. The van der Waals surface area contributed by atoms with Crippen molar-refractivity contribution >= 4 is 45.8 Å². The number of methoxy groups -OCH3 is 1. The van der Waals surface area contributed by atoms with E-state index in [0.29, 0.717) is 20.7 Å². The monoisotopic (exact) mass is 338 g/mol. The molecule has 0 radical (unpaired) electrons. The fraction of sp³-hybridized carbons (Fsp3) is 0.231. The van der Waals surface area contributed by atoms with Gasteiger partial charge in [-0.25, -0.2) is 4.79 Å². The number of ether oxygens (including phenoxy) is 1. The maximum Gasteiger partial charge on any atom is 0.337 e. The summed E-state index contributed by atoms with van der Waals surface area (Å²) in [6.07, 6.45) is 0. The van der Waals surface area contributed by atoms with E-state index in [1.54, 1.807) is 31.2 Å². The fourth-order valence-corrected chi connectivity index (χ4v) is 3.30. The minimum Gasteiger partial charge on any atom is -0.465 e. The number of carbonyl (C=O) groups is 2. The van der Waals surface area contributed by atoms with Gasteiger partial charge in [0.2, 0.25) is 11.0 Å². The van der Waals surface area contributed by atoms with Crippen LogP contribution >= 0.6 is 23.1 Å². The summed E-state index contributed by atoms with van der Waals surface area (Å²) in [5, 5.41) is 10.3. The van der Waals surface area contributed by atoms with E-state index in [-0.39, 0.29) is 11.2 Å². The van der Waals surface area contributed by atoms with Gasteiger partial charge in [0.15, 0.2) is 4.34 Å². The van der Waals surface area contributed by atoms with E-state index in [9.17, 15) is 9.59 Å². The van der Waals surface area contributed by atoms with Gasteiger partial charge in [-0.2, -0.15) is 0 Å². The molecule has 0 saturated heterocycles. The first kappa shape index (κ1) is 16.2. The zero-order chi connectivity index (χ0) is 16.1. The normalized spacial score (nSPS) is 11.7. The number of hydrogen-bond donors (Lipinski definition) is 2. The van der Waals surface area contributed by atoms with Gasteiger partial charge in [-0.3, -0.25) is 4.79 Å². The first-order chi connectivity index (χ1) is 10.5. The molecule has 0 bridgehead atoms. The highest BCUT2D eigenvalue weighted by Crippen LogP contribution is 2.28. The third kappa shape index (κ3) is 4.18. The molecule has 1 amide bonds. The van der Waals surface area contributed by atoms with Crippen LogP contribution < -0.4 is 11.1 Å². The summed E-state index contributed by atoms with van der Waals surface area (Å²) in [6, 6.07) is 6.46. The van der Waals surface area contributed by atoms with Crippen molar-refractivity contribution in [2.75, 3.05) is 18.2 Å². The third-order valence-corrected chi connectivity index (χ3v) is 4.58. The molecule has 1 heterocycles. The molecular formula is C13H14N4O3S2. The smallest absolute Gasteiger partial charge is 0.337 e. The Labute approximate surface area is 135 Å². The molecule has 0 aliphatic heterocycles. The zero-order valence-corrected chi connectivity index (χ0v) is 13.5. The van der Waals surface area contributed by atoms with Crippen LogP contribution in [0, 0.1) is 0 Å². The van der Waals surface area contributed by atoms with E-state index in [1.165, 1.54) is 30.2 Å². The highest BCUT2D eigenvalue weighted by Gasteiger charge is 2.17. The SMILES string of the molecule is COC(=O)c1ccc(NC(=O)[C@H](C)Sc2nnc(N)s2)cc1. The number of rotatable bonds is 5. The number of benzene rings is 1. The van der Waals surface area contributed by atoms with Crippen LogP contribution in [0.5, 0.6) is 0 Å². The predicted molar refractivity (Wildman–Crippen MR) is 86.1 cm³/mol. The highest BCUT2D eigenvalue weighted by molar-refractivity contribution is 8.02. The van der Waals surface area contributed by atoms with Gasteiger partial charge in [0, 0.05) is 5.69 Å². The number of anilines is 2. The standard InChI is InChI=1S/C13H14N4O3S2/c1-7(21-13-17-16-12(14)22-13)10(18)15-9-5-3-8(4-6-9)11(19)20-2/h3-7H,1-2H3,(H2,14,16)(H,15,18)/t7-/m0/s1. The molecule has 0 spiro atoms. The molecule has 0 aliphatic carbocycles. The van der Waals surface area contributed by atoms with Crippen LogP contribution in [0.3, 0.4) is 0 Å². The Morgan fingerprint density at radius 1 is 1.32 bits per heavy atom. The molecule has 0 saturated carbocycles. The number of amides is 1. The number of nitrogen functional groups attached to an aromatic ring is 1. The number of nitrogens with zero attached hydrogens (tertiary/aromatic N) is 2. The van der Waals surface area contributed by atoms with E-state index in [1.807, 2.05) is 0 Å². The zero-order valence-electron chi connectivity index (χ0n) is 11.9. The molecular weight excluding hydrogens is 324 g/mol. The van der Waals surface area contributed by atoms with Crippen LogP contribution in [-0.2, 0) is 9.53 Å². The largest absolute Gasteiger partial charge is 0.465 e. The molecule has 9 heteroatoms. The number of aromatic nitrogens is 2. The quantitative estimate of drug-likeness (QED) is 0.634. The lowest BCUT2D eigenvalue weighted by molar-refractivity contribution is -0.115. The lowest BCUT2D eigenvalue weighted by atomic mass is 10.2. The third-order valence-electron chi connectivity index (χ3n) is 2.64. The summed E-state index contributed by atoms with van der Waals surface area (Å²) >= 11 is 2.52. The number of esters is 1. The Balaban J connectivity index is 1.94. The van der Waals surface area contributed by atoms with Crippen molar-refractivity contribution in [3.8, 4) is 0 Å². The molecule has 2 rings (SSSR count). The van der Waals surface area contributed by atoms with Gasteiger partial charge in [0.25, 0.3) is 0 Å². The lowest BCUT2D eigenvalue weighted by Crippen LogP contribution is -2.22. The van der Waals surface area contributed by atoms with Crippen molar-refractivity contribution in [1.82, 2.24) is 10.2 Å².